The minimum Gasteiger partial charge on any atom is -0.460 e. The van der Waals surface area contributed by atoms with Crippen molar-refractivity contribution in [3.63, 3.8) is 0 Å². The van der Waals surface area contributed by atoms with Crippen molar-refractivity contribution in [2.75, 3.05) is 19.8 Å². The molecular formula is C16H18FNO3. The summed E-state index contributed by atoms with van der Waals surface area (Å²) in [7, 11) is 0. The lowest BCUT2D eigenvalue weighted by atomic mass is 10.0. The molecule has 0 aliphatic carbocycles. The van der Waals surface area contributed by atoms with Crippen molar-refractivity contribution in [1.29, 1.82) is 0 Å². The van der Waals surface area contributed by atoms with Gasteiger partial charge < -0.3 is 19.6 Å². The number of furan rings is 1. The molecule has 0 amide bonds. The minimum absolute atomic E-state index is 0.265. The zero-order valence-corrected chi connectivity index (χ0v) is 11.6. The minimum atomic E-state index is -0.771. The number of halogens is 1. The molecule has 1 aromatic heterocycles. The number of rotatable bonds is 5. The first-order valence-corrected chi connectivity index (χ1v) is 7.00. The quantitative estimate of drug-likeness (QED) is 0.887. The smallest absolute Gasteiger partial charge is 0.134 e. The van der Waals surface area contributed by atoms with Gasteiger partial charge in [0.25, 0.3) is 0 Å². The van der Waals surface area contributed by atoms with Crippen molar-refractivity contribution in [3.8, 4) is 11.3 Å². The molecule has 1 aliphatic rings. The topological polar surface area (TPSA) is 54.6 Å². The Balaban J connectivity index is 1.56. The third-order valence-electron chi connectivity index (χ3n) is 3.63. The average Bonchev–Trinajstić information content (AvgIpc) is 3.10. The van der Waals surface area contributed by atoms with Crippen LogP contribution < -0.4 is 5.32 Å². The van der Waals surface area contributed by atoms with Crippen LogP contribution in [-0.4, -0.2) is 30.5 Å². The van der Waals surface area contributed by atoms with Gasteiger partial charge in [0.15, 0.2) is 0 Å². The second-order valence-electron chi connectivity index (χ2n) is 5.40. The van der Waals surface area contributed by atoms with Gasteiger partial charge in [-0.15, -0.1) is 0 Å². The van der Waals surface area contributed by atoms with Crippen LogP contribution in [0.15, 0.2) is 40.8 Å². The Morgan fingerprint density at radius 2 is 2.00 bits per heavy atom. The zero-order valence-electron chi connectivity index (χ0n) is 11.6. The van der Waals surface area contributed by atoms with E-state index in [0.717, 1.165) is 11.3 Å². The molecule has 0 bridgehead atoms. The van der Waals surface area contributed by atoms with Crippen molar-refractivity contribution in [2.45, 2.75) is 18.6 Å². The lowest BCUT2D eigenvalue weighted by Crippen LogP contribution is -2.40. The summed E-state index contributed by atoms with van der Waals surface area (Å²) in [6.07, 6.45) is 0.652. The maximum absolute atomic E-state index is 12.9. The maximum Gasteiger partial charge on any atom is 0.134 e. The van der Waals surface area contributed by atoms with E-state index in [4.69, 9.17) is 9.15 Å². The standard InChI is InChI=1S/C16H18FNO3/c17-13-3-1-12(2-4-13)15-6-5-14(21-15)9-18-10-16(19)7-8-20-11-16/h1-6,18-19H,7-11H2. The highest BCUT2D eigenvalue weighted by atomic mass is 19.1. The molecule has 0 spiro atoms. The second-order valence-corrected chi connectivity index (χ2v) is 5.40. The van der Waals surface area contributed by atoms with Crippen LogP contribution in [-0.2, 0) is 11.3 Å². The normalized spacial score (nSPS) is 21.8. The van der Waals surface area contributed by atoms with E-state index in [2.05, 4.69) is 5.32 Å². The highest BCUT2D eigenvalue weighted by molar-refractivity contribution is 5.57. The summed E-state index contributed by atoms with van der Waals surface area (Å²) in [6, 6.07) is 9.92. The van der Waals surface area contributed by atoms with E-state index in [1.54, 1.807) is 12.1 Å². The van der Waals surface area contributed by atoms with Gasteiger partial charge >= 0.3 is 0 Å². The maximum atomic E-state index is 12.9. The Morgan fingerprint density at radius 3 is 2.71 bits per heavy atom. The van der Waals surface area contributed by atoms with E-state index in [9.17, 15) is 9.50 Å². The zero-order chi connectivity index (χ0) is 14.7. The van der Waals surface area contributed by atoms with Gasteiger partial charge in [-0.25, -0.2) is 4.39 Å². The Hall–Kier alpha value is -1.69. The molecule has 1 aliphatic heterocycles. The van der Waals surface area contributed by atoms with Crippen LogP contribution in [0, 0.1) is 5.82 Å². The molecule has 5 heteroatoms. The van der Waals surface area contributed by atoms with Crippen LogP contribution in [0.25, 0.3) is 11.3 Å². The lowest BCUT2D eigenvalue weighted by Gasteiger charge is -2.20. The first kappa shape index (κ1) is 14.3. The highest BCUT2D eigenvalue weighted by Gasteiger charge is 2.31. The van der Waals surface area contributed by atoms with Crippen LogP contribution in [0.1, 0.15) is 12.2 Å². The summed E-state index contributed by atoms with van der Waals surface area (Å²) >= 11 is 0. The number of nitrogens with one attached hydrogen (secondary N) is 1. The third kappa shape index (κ3) is 3.50. The average molecular weight is 291 g/mol. The van der Waals surface area contributed by atoms with Crippen molar-refractivity contribution in [1.82, 2.24) is 5.32 Å². The Bertz CT molecular complexity index is 588. The van der Waals surface area contributed by atoms with Gasteiger partial charge in [0, 0.05) is 25.1 Å². The number of aliphatic hydroxyl groups is 1. The predicted molar refractivity (Wildman–Crippen MR) is 76.2 cm³/mol. The van der Waals surface area contributed by atoms with Gasteiger partial charge in [-0.3, -0.25) is 0 Å². The molecule has 1 aromatic carbocycles. The molecule has 0 radical (unpaired) electrons. The Kier molecular flexibility index (Phi) is 4.05. The number of hydrogen-bond donors (Lipinski definition) is 2. The first-order chi connectivity index (χ1) is 10.1. The number of hydrogen-bond acceptors (Lipinski definition) is 4. The van der Waals surface area contributed by atoms with Gasteiger partial charge in [-0.2, -0.15) is 0 Å². The second kappa shape index (κ2) is 5.97. The fraction of sp³-hybridized carbons (Fsp3) is 0.375. The van der Waals surface area contributed by atoms with Crippen LogP contribution in [0.2, 0.25) is 0 Å². The molecule has 0 saturated carbocycles. The molecule has 2 heterocycles. The van der Waals surface area contributed by atoms with E-state index in [0.29, 0.717) is 38.5 Å². The summed E-state index contributed by atoms with van der Waals surface area (Å²) in [5.74, 6) is 1.21. The van der Waals surface area contributed by atoms with E-state index in [-0.39, 0.29) is 5.82 Å². The molecule has 1 fully saturated rings. The summed E-state index contributed by atoms with van der Waals surface area (Å²) in [4.78, 5) is 0. The van der Waals surface area contributed by atoms with Gasteiger partial charge in [-0.1, -0.05) is 0 Å². The van der Waals surface area contributed by atoms with E-state index < -0.39 is 5.60 Å². The SMILES string of the molecule is OC1(CNCc2ccc(-c3ccc(F)cc3)o2)CCOC1. The van der Waals surface area contributed by atoms with Gasteiger partial charge in [0.1, 0.15) is 22.9 Å². The molecule has 4 nitrogen and oxygen atoms in total. The monoisotopic (exact) mass is 291 g/mol. The lowest BCUT2D eigenvalue weighted by molar-refractivity contribution is 0.0265. The largest absolute Gasteiger partial charge is 0.460 e. The fourth-order valence-corrected chi connectivity index (χ4v) is 2.40. The number of benzene rings is 1. The van der Waals surface area contributed by atoms with Crippen LogP contribution in [0.4, 0.5) is 4.39 Å². The Labute approximate surface area is 122 Å². The highest BCUT2D eigenvalue weighted by Crippen LogP contribution is 2.22. The molecule has 2 N–H and O–H groups in total. The molecule has 1 atom stereocenters. The predicted octanol–water partition coefficient (Wildman–Crippen LogP) is 2.33. The molecule has 2 aromatic rings. The molecule has 112 valence electrons. The summed E-state index contributed by atoms with van der Waals surface area (Å²) in [5.41, 5.74) is 0.0670. The van der Waals surface area contributed by atoms with E-state index in [1.807, 2.05) is 12.1 Å². The summed E-state index contributed by atoms with van der Waals surface area (Å²) in [5, 5.41) is 13.3. The molecule has 3 rings (SSSR count). The van der Waals surface area contributed by atoms with Crippen LogP contribution in [0.5, 0.6) is 0 Å². The summed E-state index contributed by atoms with van der Waals surface area (Å²) < 4.78 is 23.8. The fourth-order valence-electron chi connectivity index (χ4n) is 2.40. The molecule has 1 unspecified atom stereocenters. The van der Waals surface area contributed by atoms with Crippen molar-refractivity contribution in [3.05, 3.63) is 48.0 Å². The first-order valence-electron chi connectivity index (χ1n) is 7.00. The van der Waals surface area contributed by atoms with E-state index >= 15 is 0 Å². The molecule has 21 heavy (non-hydrogen) atoms. The van der Waals surface area contributed by atoms with Crippen LogP contribution >= 0.6 is 0 Å². The molecular weight excluding hydrogens is 273 g/mol. The van der Waals surface area contributed by atoms with Crippen LogP contribution in [0.3, 0.4) is 0 Å². The van der Waals surface area contributed by atoms with Crippen molar-refractivity contribution in [2.24, 2.45) is 0 Å². The number of ether oxygens (including phenoxy) is 1. The summed E-state index contributed by atoms with van der Waals surface area (Å²) in [6.45, 7) is 1.98. The van der Waals surface area contributed by atoms with E-state index in [1.165, 1.54) is 12.1 Å². The third-order valence-corrected chi connectivity index (χ3v) is 3.63. The Morgan fingerprint density at radius 1 is 1.19 bits per heavy atom. The van der Waals surface area contributed by atoms with Crippen molar-refractivity contribution < 1.29 is 18.7 Å². The van der Waals surface area contributed by atoms with Gasteiger partial charge in [0.05, 0.1) is 13.2 Å². The van der Waals surface area contributed by atoms with Gasteiger partial charge in [0.2, 0.25) is 0 Å². The van der Waals surface area contributed by atoms with Gasteiger partial charge in [-0.05, 0) is 36.4 Å². The molecule has 1 saturated heterocycles. The van der Waals surface area contributed by atoms with Crippen molar-refractivity contribution >= 4 is 0 Å².